The normalized spacial score (nSPS) is 12.3. The van der Waals surface area contributed by atoms with Crippen molar-refractivity contribution < 1.29 is 9.35 Å². The van der Waals surface area contributed by atoms with Crippen molar-refractivity contribution in [1.82, 2.24) is 0 Å². The Morgan fingerprint density at radius 3 is 1.42 bits per heavy atom. The highest BCUT2D eigenvalue weighted by Gasteiger charge is 2.43. The van der Waals surface area contributed by atoms with E-state index < -0.39 is 8.32 Å². The van der Waals surface area contributed by atoms with E-state index >= 15 is 0 Å². The van der Waals surface area contributed by atoms with Crippen molar-refractivity contribution in [3.8, 4) is 0 Å². The lowest BCUT2D eigenvalue weighted by atomic mass is 10.1. The Hall–Kier alpha value is -3.54. The first-order chi connectivity index (χ1) is 15.1. The standard InChI is InChI=1S/C26H23NO3Si/c1-21(22-17-19-23(20-18-22)27(28)29)30-31(24-11-5-2-6-12-24,25-13-7-3-8-14-25)26-15-9-4-10-16-26/h2-21H,1H3. The number of rotatable bonds is 7. The first-order valence-corrected chi connectivity index (χ1v) is 12.1. The first-order valence-electron chi connectivity index (χ1n) is 10.2. The third-order valence-electron chi connectivity index (χ3n) is 5.47. The Labute approximate surface area is 183 Å². The van der Waals surface area contributed by atoms with E-state index in [1.807, 2.05) is 61.5 Å². The summed E-state index contributed by atoms with van der Waals surface area (Å²) in [5, 5.41) is 14.5. The van der Waals surface area contributed by atoms with E-state index in [1.54, 1.807) is 12.1 Å². The molecule has 0 aromatic heterocycles. The van der Waals surface area contributed by atoms with Gasteiger partial charge in [0.15, 0.2) is 0 Å². The van der Waals surface area contributed by atoms with Crippen molar-refractivity contribution in [2.24, 2.45) is 0 Å². The number of nitrogens with zero attached hydrogens (tertiary/aromatic N) is 1. The summed E-state index contributed by atoms with van der Waals surface area (Å²) in [7, 11) is -2.84. The van der Waals surface area contributed by atoms with E-state index in [-0.39, 0.29) is 16.7 Å². The van der Waals surface area contributed by atoms with E-state index in [0.29, 0.717) is 0 Å². The third-order valence-corrected chi connectivity index (χ3v) is 9.61. The Kier molecular flexibility index (Phi) is 6.07. The summed E-state index contributed by atoms with van der Waals surface area (Å²) >= 11 is 0. The van der Waals surface area contributed by atoms with E-state index in [0.717, 1.165) is 21.1 Å². The maximum absolute atomic E-state index is 11.0. The number of non-ortho nitro benzene ring substituents is 1. The molecule has 0 fully saturated rings. The molecule has 0 amide bonds. The summed E-state index contributed by atoms with van der Waals surface area (Å²) in [6, 6.07) is 37.7. The van der Waals surface area contributed by atoms with Gasteiger partial charge in [0.1, 0.15) is 0 Å². The minimum absolute atomic E-state index is 0.0774. The molecule has 1 unspecified atom stereocenters. The minimum Gasteiger partial charge on any atom is -0.397 e. The van der Waals surface area contributed by atoms with Crippen LogP contribution < -0.4 is 15.6 Å². The summed E-state index contributed by atoms with van der Waals surface area (Å²) in [6.07, 6.45) is -0.256. The van der Waals surface area contributed by atoms with Crippen LogP contribution in [0.5, 0.6) is 0 Å². The van der Waals surface area contributed by atoms with Crippen LogP contribution in [0.4, 0.5) is 5.69 Å². The molecule has 0 N–H and O–H groups in total. The maximum Gasteiger partial charge on any atom is 0.288 e. The Morgan fingerprint density at radius 1 is 0.677 bits per heavy atom. The number of benzene rings is 4. The Balaban J connectivity index is 1.86. The molecule has 4 aromatic rings. The van der Waals surface area contributed by atoms with Crippen LogP contribution >= 0.6 is 0 Å². The molecule has 0 heterocycles. The zero-order valence-corrected chi connectivity index (χ0v) is 18.2. The first kappa shape index (κ1) is 20.7. The summed E-state index contributed by atoms with van der Waals surface area (Å²) in [5.41, 5.74) is 0.985. The topological polar surface area (TPSA) is 52.4 Å². The lowest BCUT2D eigenvalue weighted by Gasteiger charge is -2.36. The van der Waals surface area contributed by atoms with Crippen LogP contribution in [0.3, 0.4) is 0 Å². The molecule has 0 radical (unpaired) electrons. The summed E-state index contributed by atoms with van der Waals surface area (Å²) in [5.74, 6) is 0. The fraction of sp³-hybridized carbons (Fsp3) is 0.0769. The molecule has 154 valence electrons. The molecule has 5 heteroatoms. The Bertz CT molecular complexity index is 1040. The second-order valence-corrected chi connectivity index (χ2v) is 10.7. The largest absolute Gasteiger partial charge is 0.397 e. The van der Waals surface area contributed by atoms with Gasteiger partial charge >= 0.3 is 0 Å². The van der Waals surface area contributed by atoms with Crippen LogP contribution in [-0.2, 0) is 4.43 Å². The van der Waals surface area contributed by atoms with E-state index in [1.165, 1.54) is 12.1 Å². The minimum atomic E-state index is -2.84. The predicted octanol–water partition coefficient (Wildman–Crippen LogP) is 4.34. The zero-order chi connectivity index (χ0) is 21.7. The maximum atomic E-state index is 11.0. The van der Waals surface area contributed by atoms with Crippen molar-refractivity contribution in [2.45, 2.75) is 13.0 Å². The quantitative estimate of drug-likeness (QED) is 0.192. The van der Waals surface area contributed by atoms with Gasteiger partial charge in [-0.15, -0.1) is 0 Å². The highest BCUT2D eigenvalue weighted by Crippen LogP contribution is 2.24. The van der Waals surface area contributed by atoms with E-state index in [9.17, 15) is 10.1 Å². The van der Waals surface area contributed by atoms with Crippen molar-refractivity contribution in [2.75, 3.05) is 0 Å². The zero-order valence-electron chi connectivity index (χ0n) is 17.2. The Morgan fingerprint density at radius 2 is 1.06 bits per heavy atom. The van der Waals surface area contributed by atoms with Gasteiger partial charge in [-0.1, -0.05) is 91.0 Å². The SMILES string of the molecule is CC(O[Si](c1ccccc1)(c1ccccc1)c1ccccc1)c1ccc([N+](=O)[O-])cc1. The van der Waals surface area contributed by atoms with E-state index in [4.69, 9.17) is 4.43 Å². The molecular weight excluding hydrogens is 402 g/mol. The number of nitro groups is 1. The van der Waals surface area contributed by atoms with Crippen LogP contribution in [0.1, 0.15) is 18.6 Å². The van der Waals surface area contributed by atoms with Gasteiger partial charge < -0.3 is 4.43 Å². The van der Waals surface area contributed by atoms with E-state index in [2.05, 4.69) is 36.4 Å². The van der Waals surface area contributed by atoms with Crippen LogP contribution in [0.25, 0.3) is 0 Å². The van der Waals surface area contributed by atoms with Crippen molar-refractivity contribution in [3.63, 3.8) is 0 Å². The third kappa shape index (κ3) is 4.19. The summed E-state index contributed by atoms with van der Waals surface area (Å²) in [6.45, 7) is 2.01. The van der Waals surface area contributed by atoms with Gasteiger partial charge in [-0.25, -0.2) is 0 Å². The lowest BCUT2D eigenvalue weighted by molar-refractivity contribution is -0.384. The molecule has 0 aliphatic heterocycles. The predicted molar refractivity (Wildman–Crippen MR) is 127 cm³/mol. The molecule has 4 rings (SSSR count). The lowest BCUT2D eigenvalue weighted by Crippen LogP contribution is -2.69. The molecule has 4 aromatic carbocycles. The molecule has 0 bridgehead atoms. The van der Waals surface area contributed by atoms with Crippen LogP contribution in [-0.4, -0.2) is 13.2 Å². The second kappa shape index (κ2) is 9.08. The van der Waals surface area contributed by atoms with Gasteiger partial charge in [0.2, 0.25) is 0 Å². The number of hydrogen-bond acceptors (Lipinski definition) is 3. The molecule has 0 aliphatic rings. The van der Waals surface area contributed by atoms with Gasteiger partial charge in [0.25, 0.3) is 14.0 Å². The van der Waals surface area contributed by atoms with Gasteiger partial charge in [-0.3, -0.25) is 10.1 Å². The summed E-state index contributed by atoms with van der Waals surface area (Å²) in [4.78, 5) is 10.7. The molecule has 4 nitrogen and oxygen atoms in total. The molecule has 0 aliphatic carbocycles. The smallest absolute Gasteiger partial charge is 0.288 e. The second-order valence-electron chi connectivity index (χ2n) is 7.39. The molecule has 0 spiro atoms. The monoisotopic (exact) mass is 425 g/mol. The molecule has 0 saturated carbocycles. The number of nitro benzene ring substituents is 1. The van der Waals surface area contributed by atoms with Gasteiger partial charge in [0.05, 0.1) is 11.0 Å². The molecule has 1 atom stereocenters. The van der Waals surface area contributed by atoms with Crippen molar-refractivity contribution in [1.29, 1.82) is 0 Å². The fourth-order valence-electron chi connectivity index (χ4n) is 3.92. The average molecular weight is 426 g/mol. The van der Waals surface area contributed by atoms with Crippen molar-refractivity contribution >= 4 is 29.6 Å². The van der Waals surface area contributed by atoms with Crippen molar-refractivity contribution in [3.05, 3.63) is 131 Å². The molecule has 0 saturated heterocycles. The molecular formula is C26H23NO3Si. The summed E-state index contributed by atoms with van der Waals surface area (Å²) < 4.78 is 7.05. The van der Waals surface area contributed by atoms with Crippen LogP contribution in [0.15, 0.2) is 115 Å². The highest BCUT2D eigenvalue weighted by atomic mass is 28.4. The number of hydrogen-bond donors (Lipinski definition) is 0. The van der Waals surface area contributed by atoms with Gasteiger partial charge in [-0.05, 0) is 40.2 Å². The molecule has 31 heavy (non-hydrogen) atoms. The fourth-order valence-corrected chi connectivity index (χ4v) is 7.98. The van der Waals surface area contributed by atoms with Gasteiger partial charge in [-0.2, -0.15) is 0 Å². The highest BCUT2D eigenvalue weighted by molar-refractivity contribution is 7.07. The van der Waals surface area contributed by atoms with Crippen LogP contribution in [0.2, 0.25) is 0 Å². The van der Waals surface area contributed by atoms with Crippen LogP contribution in [0, 0.1) is 10.1 Å². The average Bonchev–Trinajstić information content (AvgIpc) is 2.84. The van der Waals surface area contributed by atoms with Gasteiger partial charge in [0, 0.05) is 12.1 Å².